The second kappa shape index (κ2) is 8.54. The number of aryl methyl sites for hydroxylation is 1. The number of nitrogens with one attached hydrogen (secondary N) is 1. The molecule has 1 heterocycles. The van der Waals surface area contributed by atoms with Gasteiger partial charge in [-0.1, -0.05) is 23.2 Å². The number of carbonyl (C=O) groups excluding carboxylic acids is 1. The van der Waals surface area contributed by atoms with Crippen LogP contribution in [0.5, 0.6) is 0 Å². The Labute approximate surface area is 163 Å². The van der Waals surface area contributed by atoms with Crippen molar-refractivity contribution < 1.29 is 18.0 Å². The summed E-state index contributed by atoms with van der Waals surface area (Å²) in [6.45, 7) is 1.92. The summed E-state index contributed by atoms with van der Waals surface area (Å²) in [5, 5.41) is 6.16. The molecule has 0 aliphatic carbocycles. The van der Waals surface area contributed by atoms with Gasteiger partial charge in [-0.15, -0.1) is 11.8 Å². The van der Waals surface area contributed by atoms with E-state index in [4.69, 9.17) is 23.2 Å². The Morgan fingerprint density at radius 2 is 2.04 bits per heavy atom. The van der Waals surface area contributed by atoms with Gasteiger partial charge in [-0.2, -0.15) is 18.3 Å². The summed E-state index contributed by atoms with van der Waals surface area (Å²) in [6.07, 6.45) is -2.32. The first-order chi connectivity index (χ1) is 12.1. The molecule has 1 aromatic carbocycles. The molecule has 0 saturated heterocycles. The van der Waals surface area contributed by atoms with Crippen LogP contribution in [0.4, 0.5) is 13.2 Å². The van der Waals surface area contributed by atoms with Crippen LogP contribution in [0, 0.1) is 6.92 Å². The first-order valence-electron chi connectivity index (χ1n) is 7.57. The normalized spacial score (nSPS) is 11.7. The zero-order valence-corrected chi connectivity index (χ0v) is 16.3. The van der Waals surface area contributed by atoms with E-state index in [0.29, 0.717) is 17.0 Å². The van der Waals surface area contributed by atoms with Crippen LogP contribution in [0.3, 0.4) is 0 Å². The number of benzene rings is 1. The molecule has 142 valence electrons. The molecular formula is C16H16Cl2F3N3OS. The highest BCUT2D eigenvalue weighted by molar-refractivity contribution is 7.98. The van der Waals surface area contributed by atoms with Crippen molar-refractivity contribution in [3.8, 4) is 0 Å². The van der Waals surface area contributed by atoms with Crippen LogP contribution in [0.25, 0.3) is 0 Å². The van der Waals surface area contributed by atoms with Crippen LogP contribution in [0.2, 0.25) is 10.0 Å². The van der Waals surface area contributed by atoms with Crippen LogP contribution >= 0.6 is 35.0 Å². The SMILES string of the molecule is CSc1ccc(Cl)c(C(=O)NCCCn2nc(C(F)(F)F)c(Cl)c2C)c1. The molecule has 1 aromatic heterocycles. The molecule has 0 saturated carbocycles. The molecule has 0 unspecified atom stereocenters. The summed E-state index contributed by atoms with van der Waals surface area (Å²) in [7, 11) is 0. The molecule has 0 fully saturated rings. The lowest BCUT2D eigenvalue weighted by Crippen LogP contribution is -2.25. The van der Waals surface area contributed by atoms with Crippen molar-refractivity contribution in [2.45, 2.75) is 31.0 Å². The summed E-state index contributed by atoms with van der Waals surface area (Å²) < 4.78 is 39.6. The van der Waals surface area contributed by atoms with Gasteiger partial charge in [0.25, 0.3) is 5.91 Å². The molecule has 0 bridgehead atoms. The van der Waals surface area contributed by atoms with Crippen LogP contribution in [-0.4, -0.2) is 28.5 Å². The number of hydrogen-bond acceptors (Lipinski definition) is 3. The topological polar surface area (TPSA) is 46.9 Å². The highest BCUT2D eigenvalue weighted by atomic mass is 35.5. The second-order valence-electron chi connectivity index (χ2n) is 5.42. The number of aromatic nitrogens is 2. The Balaban J connectivity index is 1.94. The predicted octanol–water partition coefficient (Wildman–Crippen LogP) is 5.06. The van der Waals surface area contributed by atoms with Crippen molar-refractivity contribution >= 4 is 40.9 Å². The van der Waals surface area contributed by atoms with Gasteiger partial charge in [-0.3, -0.25) is 9.48 Å². The molecule has 0 aliphatic heterocycles. The Hall–Kier alpha value is -1.38. The lowest BCUT2D eigenvalue weighted by molar-refractivity contribution is -0.141. The zero-order chi connectivity index (χ0) is 19.5. The molecule has 4 nitrogen and oxygen atoms in total. The monoisotopic (exact) mass is 425 g/mol. The van der Waals surface area contributed by atoms with Crippen LogP contribution in [0.1, 0.15) is 28.2 Å². The van der Waals surface area contributed by atoms with Crippen molar-refractivity contribution in [3.63, 3.8) is 0 Å². The van der Waals surface area contributed by atoms with Crippen LogP contribution in [-0.2, 0) is 12.7 Å². The van der Waals surface area contributed by atoms with Gasteiger partial charge >= 0.3 is 6.18 Å². The van der Waals surface area contributed by atoms with Gasteiger partial charge in [-0.25, -0.2) is 0 Å². The van der Waals surface area contributed by atoms with Gasteiger partial charge in [0.2, 0.25) is 0 Å². The van der Waals surface area contributed by atoms with Crippen molar-refractivity contribution in [1.82, 2.24) is 15.1 Å². The largest absolute Gasteiger partial charge is 0.436 e. The van der Waals surface area contributed by atoms with Gasteiger partial charge in [0.15, 0.2) is 5.69 Å². The number of halogens is 5. The quantitative estimate of drug-likeness (QED) is 0.519. The molecule has 0 aliphatic rings. The van der Waals surface area contributed by atoms with Crippen molar-refractivity contribution in [2.24, 2.45) is 0 Å². The fraction of sp³-hybridized carbons (Fsp3) is 0.375. The molecule has 1 N–H and O–H groups in total. The molecular weight excluding hydrogens is 410 g/mol. The van der Waals surface area contributed by atoms with E-state index in [-0.39, 0.29) is 24.7 Å². The lowest BCUT2D eigenvalue weighted by Gasteiger charge is -2.09. The molecule has 0 radical (unpaired) electrons. The molecule has 1 amide bonds. The van der Waals surface area contributed by atoms with Crippen molar-refractivity contribution in [3.05, 3.63) is 45.2 Å². The third-order valence-electron chi connectivity index (χ3n) is 3.65. The van der Waals surface area contributed by atoms with Crippen molar-refractivity contribution in [1.29, 1.82) is 0 Å². The third-order valence-corrected chi connectivity index (χ3v) is 5.16. The molecule has 26 heavy (non-hydrogen) atoms. The van der Waals surface area contributed by atoms with Crippen LogP contribution < -0.4 is 5.32 Å². The Morgan fingerprint density at radius 1 is 1.35 bits per heavy atom. The van der Waals surface area contributed by atoms with Gasteiger partial charge in [0.1, 0.15) is 0 Å². The number of carbonyl (C=O) groups is 1. The first kappa shape index (κ1) is 20.9. The third kappa shape index (κ3) is 4.86. The number of rotatable bonds is 6. The second-order valence-corrected chi connectivity index (χ2v) is 7.09. The highest BCUT2D eigenvalue weighted by Gasteiger charge is 2.38. The lowest BCUT2D eigenvalue weighted by atomic mass is 10.2. The van der Waals surface area contributed by atoms with Crippen molar-refractivity contribution in [2.75, 3.05) is 12.8 Å². The average Bonchev–Trinajstić information content (AvgIpc) is 2.87. The molecule has 0 atom stereocenters. The fourth-order valence-electron chi connectivity index (χ4n) is 2.25. The van der Waals surface area contributed by atoms with E-state index >= 15 is 0 Å². The summed E-state index contributed by atoms with van der Waals surface area (Å²) >= 11 is 13.2. The predicted molar refractivity (Wildman–Crippen MR) is 97.2 cm³/mol. The summed E-state index contributed by atoms with van der Waals surface area (Å²) in [4.78, 5) is 13.1. The van der Waals surface area contributed by atoms with E-state index in [1.807, 2.05) is 12.3 Å². The zero-order valence-electron chi connectivity index (χ0n) is 14.0. The van der Waals surface area contributed by atoms with E-state index in [0.717, 1.165) is 4.90 Å². The fourth-order valence-corrected chi connectivity index (χ4v) is 3.14. The van der Waals surface area contributed by atoms with Gasteiger partial charge < -0.3 is 5.32 Å². The van der Waals surface area contributed by atoms with Crippen LogP contribution in [0.15, 0.2) is 23.1 Å². The van der Waals surface area contributed by atoms with Gasteiger partial charge in [0, 0.05) is 18.0 Å². The maximum Gasteiger partial charge on any atom is 0.436 e. The number of nitrogens with zero attached hydrogens (tertiary/aromatic N) is 2. The minimum Gasteiger partial charge on any atom is -0.352 e. The summed E-state index contributed by atoms with van der Waals surface area (Å²) in [5.74, 6) is -0.336. The van der Waals surface area contributed by atoms with Gasteiger partial charge in [0.05, 0.1) is 21.3 Å². The molecule has 2 rings (SSSR count). The maximum atomic E-state index is 12.8. The van der Waals surface area contributed by atoms with E-state index in [1.165, 1.54) is 23.4 Å². The summed E-state index contributed by atoms with van der Waals surface area (Å²) in [6, 6.07) is 5.15. The average molecular weight is 426 g/mol. The highest BCUT2D eigenvalue weighted by Crippen LogP contribution is 2.35. The minimum atomic E-state index is -4.60. The van der Waals surface area contributed by atoms with E-state index in [2.05, 4.69) is 10.4 Å². The summed E-state index contributed by atoms with van der Waals surface area (Å²) in [5.41, 5.74) is -0.501. The molecule has 10 heteroatoms. The van der Waals surface area contributed by atoms with Gasteiger partial charge in [-0.05, 0) is 37.8 Å². The van der Waals surface area contributed by atoms with E-state index in [1.54, 1.807) is 12.1 Å². The number of amides is 1. The van der Waals surface area contributed by atoms with E-state index < -0.39 is 16.9 Å². The Morgan fingerprint density at radius 3 is 2.62 bits per heavy atom. The number of hydrogen-bond donors (Lipinski definition) is 1. The van der Waals surface area contributed by atoms with E-state index in [9.17, 15) is 18.0 Å². The standard InChI is InChI=1S/C16H16Cl2F3N3OS/c1-9-13(18)14(16(19,20)21)23-24(9)7-3-6-22-15(25)11-8-10(26-2)4-5-12(11)17/h4-5,8H,3,6-7H2,1-2H3,(H,22,25). The number of thioether (sulfide) groups is 1. The smallest absolute Gasteiger partial charge is 0.352 e. The number of alkyl halides is 3. The Bertz CT molecular complexity index is 809. The minimum absolute atomic E-state index is 0.195. The molecule has 0 spiro atoms. The molecule has 2 aromatic rings. The Kier molecular flexibility index (Phi) is 6.87. The first-order valence-corrected chi connectivity index (χ1v) is 9.55. The maximum absolute atomic E-state index is 12.8.